The van der Waals surface area contributed by atoms with Crippen molar-refractivity contribution < 1.29 is 14.3 Å². The van der Waals surface area contributed by atoms with Crippen molar-refractivity contribution in [3.05, 3.63) is 23.8 Å². The smallest absolute Gasteiger partial charge is 0.234 e. The summed E-state index contributed by atoms with van der Waals surface area (Å²) in [6, 6.07) is 5.84. The number of nitrogens with zero attached hydrogens (tertiary/aromatic N) is 1. The Morgan fingerprint density at radius 3 is 2.50 bits per heavy atom. The molecule has 1 amide bonds. The first-order chi connectivity index (χ1) is 11.7. The number of likely N-dealkylation sites (tertiary alicyclic amines) is 1. The summed E-state index contributed by atoms with van der Waals surface area (Å²) in [6.45, 7) is 5.74. The van der Waals surface area contributed by atoms with E-state index in [1.807, 2.05) is 25.1 Å². The molecule has 24 heavy (non-hydrogen) atoms. The Morgan fingerprint density at radius 1 is 1.08 bits per heavy atom. The number of amides is 1. The van der Waals surface area contributed by atoms with Crippen LogP contribution in [-0.4, -0.2) is 43.7 Å². The van der Waals surface area contributed by atoms with Gasteiger partial charge in [0.25, 0.3) is 0 Å². The van der Waals surface area contributed by atoms with Crippen LogP contribution < -0.4 is 14.8 Å². The number of fused-ring (bicyclic) bond motifs is 1. The molecule has 132 valence electrons. The van der Waals surface area contributed by atoms with Gasteiger partial charge in [-0.05, 0) is 50.6 Å². The van der Waals surface area contributed by atoms with Gasteiger partial charge in [0.05, 0.1) is 12.6 Å². The molecule has 1 fully saturated rings. The van der Waals surface area contributed by atoms with E-state index < -0.39 is 0 Å². The Morgan fingerprint density at radius 2 is 1.75 bits per heavy atom. The van der Waals surface area contributed by atoms with Crippen molar-refractivity contribution in [3.63, 3.8) is 0 Å². The van der Waals surface area contributed by atoms with Gasteiger partial charge in [0.2, 0.25) is 5.91 Å². The zero-order valence-corrected chi connectivity index (χ0v) is 14.6. The van der Waals surface area contributed by atoms with Crippen LogP contribution in [0, 0.1) is 0 Å². The minimum atomic E-state index is -0.0388. The molecule has 3 rings (SSSR count). The second-order valence-corrected chi connectivity index (χ2v) is 6.74. The molecule has 1 saturated heterocycles. The van der Waals surface area contributed by atoms with E-state index in [0.717, 1.165) is 30.2 Å². The lowest BCUT2D eigenvalue weighted by Gasteiger charge is -2.25. The van der Waals surface area contributed by atoms with E-state index in [2.05, 4.69) is 10.2 Å². The van der Waals surface area contributed by atoms with Crippen LogP contribution in [0.2, 0.25) is 0 Å². The Balaban J connectivity index is 1.53. The van der Waals surface area contributed by atoms with Crippen molar-refractivity contribution in [2.75, 3.05) is 32.8 Å². The molecule has 5 heteroatoms. The van der Waals surface area contributed by atoms with Gasteiger partial charge in [0.15, 0.2) is 11.5 Å². The van der Waals surface area contributed by atoms with E-state index in [0.29, 0.717) is 19.8 Å². The largest absolute Gasteiger partial charge is 0.486 e. The molecule has 0 aliphatic carbocycles. The average Bonchev–Trinajstić information content (AvgIpc) is 2.56. The fourth-order valence-electron chi connectivity index (χ4n) is 3.37. The molecule has 1 N–H and O–H groups in total. The molecule has 0 radical (unpaired) electrons. The van der Waals surface area contributed by atoms with Crippen LogP contribution in [0.5, 0.6) is 11.5 Å². The van der Waals surface area contributed by atoms with Gasteiger partial charge >= 0.3 is 0 Å². The quantitative estimate of drug-likeness (QED) is 0.921. The molecule has 1 aromatic carbocycles. The molecular formula is C19H28N2O3. The standard InChI is InChI=1S/C19H28N2O3/c1-15(16-7-8-17-18(13-16)24-12-11-23-17)20-19(22)14-21-9-5-3-2-4-6-10-21/h7-8,13,15H,2-6,9-12,14H2,1H3,(H,20,22)/t15-/m0/s1. The number of nitrogens with one attached hydrogen (secondary N) is 1. The van der Waals surface area contributed by atoms with Crippen molar-refractivity contribution in [2.24, 2.45) is 0 Å². The van der Waals surface area contributed by atoms with Gasteiger partial charge in [-0.2, -0.15) is 0 Å². The lowest BCUT2D eigenvalue weighted by molar-refractivity contribution is -0.123. The van der Waals surface area contributed by atoms with Crippen molar-refractivity contribution in [1.29, 1.82) is 0 Å². The van der Waals surface area contributed by atoms with Crippen LogP contribution in [0.1, 0.15) is 50.6 Å². The van der Waals surface area contributed by atoms with E-state index in [1.54, 1.807) is 0 Å². The van der Waals surface area contributed by atoms with Gasteiger partial charge < -0.3 is 14.8 Å². The molecular weight excluding hydrogens is 304 g/mol. The van der Waals surface area contributed by atoms with Gasteiger partial charge in [-0.25, -0.2) is 0 Å². The van der Waals surface area contributed by atoms with Crippen molar-refractivity contribution in [2.45, 2.75) is 45.1 Å². The molecule has 0 bridgehead atoms. The fraction of sp³-hybridized carbons (Fsp3) is 0.632. The number of rotatable bonds is 4. The number of ether oxygens (including phenoxy) is 2. The second-order valence-electron chi connectivity index (χ2n) is 6.74. The molecule has 0 saturated carbocycles. The zero-order chi connectivity index (χ0) is 16.8. The molecule has 0 unspecified atom stereocenters. The third-order valence-corrected chi connectivity index (χ3v) is 4.76. The maximum atomic E-state index is 12.4. The lowest BCUT2D eigenvalue weighted by Crippen LogP contribution is -2.39. The van der Waals surface area contributed by atoms with E-state index >= 15 is 0 Å². The highest BCUT2D eigenvalue weighted by Crippen LogP contribution is 2.32. The first kappa shape index (κ1) is 17.1. The van der Waals surface area contributed by atoms with Crippen LogP contribution in [0.3, 0.4) is 0 Å². The first-order valence-electron chi connectivity index (χ1n) is 9.13. The van der Waals surface area contributed by atoms with Crippen LogP contribution >= 0.6 is 0 Å². The summed E-state index contributed by atoms with van der Waals surface area (Å²) in [5, 5.41) is 3.11. The highest BCUT2D eigenvalue weighted by Gasteiger charge is 2.17. The molecule has 2 aliphatic heterocycles. The highest BCUT2D eigenvalue weighted by molar-refractivity contribution is 5.78. The fourth-order valence-corrected chi connectivity index (χ4v) is 3.37. The van der Waals surface area contributed by atoms with Crippen molar-refractivity contribution in [3.8, 4) is 11.5 Å². The minimum absolute atomic E-state index is 0.0388. The molecule has 2 aliphatic rings. The summed E-state index contributed by atoms with van der Waals surface area (Å²) in [7, 11) is 0. The maximum Gasteiger partial charge on any atom is 0.234 e. The Bertz CT molecular complexity index is 554. The minimum Gasteiger partial charge on any atom is -0.486 e. The summed E-state index contributed by atoms with van der Waals surface area (Å²) < 4.78 is 11.2. The van der Waals surface area contributed by atoms with Gasteiger partial charge in [-0.1, -0.05) is 25.3 Å². The number of carbonyl (C=O) groups is 1. The maximum absolute atomic E-state index is 12.4. The number of carbonyl (C=O) groups excluding carboxylic acids is 1. The number of hydrogen-bond acceptors (Lipinski definition) is 4. The van der Waals surface area contributed by atoms with Gasteiger partial charge in [0, 0.05) is 0 Å². The first-order valence-corrected chi connectivity index (χ1v) is 9.13. The SMILES string of the molecule is C[C@H](NC(=O)CN1CCCCCCC1)c1ccc2c(c1)OCCO2. The predicted molar refractivity (Wildman–Crippen MR) is 93.5 cm³/mol. The van der Waals surface area contributed by atoms with E-state index in [4.69, 9.17) is 9.47 Å². The van der Waals surface area contributed by atoms with E-state index in [-0.39, 0.29) is 11.9 Å². The molecule has 1 aromatic rings. The predicted octanol–water partition coefficient (Wildman–Crippen LogP) is 2.90. The third kappa shape index (κ3) is 4.63. The topological polar surface area (TPSA) is 50.8 Å². The van der Waals surface area contributed by atoms with Crippen molar-refractivity contribution >= 4 is 5.91 Å². The summed E-state index contributed by atoms with van der Waals surface area (Å²) in [4.78, 5) is 14.7. The summed E-state index contributed by atoms with van der Waals surface area (Å²) >= 11 is 0. The van der Waals surface area contributed by atoms with Gasteiger partial charge in [0.1, 0.15) is 13.2 Å². The summed E-state index contributed by atoms with van der Waals surface area (Å²) in [5.41, 5.74) is 1.04. The average molecular weight is 332 g/mol. The molecule has 5 nitrogen and oxygen atoms in total. The summed E-state index contributed by atoms with van der Waals surface area (Å²) in [6.07, 6.45) is 6.30. The van der Waals surface area contributed by atoms with Crippen molar-refractivity contribution in [1.82, 2.24) is 10.2 Å². The van der Waals surface area contributed by atoms with E-state index in [9.17, 15) is 4.79 Å². The normalized spacial score (nSPS) is 19.9. The second kappa shape index (κ2) is 8.38. The molecule has 0 spiro atoms. The summed E-state index contributed by atoms with van der Waals surface area (Å²) in [5.74, 6) is 1.64. The Kier molecular flexibility index (Phi) is 5.96. The molecule has 1 atom stereocenters. The van der Waals surface area contributed by atoms with Crippen LogP contribution in [0.15, 0.2) is 18.2 Å². The van der Waals surface area contributed by atoms with Crippen LogP contribution in [-0.2, 0) is 4.79 Å². The third-order valence-electron chi connectivity index (χ3n) is 4.76. The molecule has 2 heterocycles. The van der Waals surface area contributed by atoms with Gasteiger partial charge in [-0.3, -0.25) is 9.69 Å². The number of hydrogen-bond donors (Lipinski definition) is 1. The van der Waals surface area contributed by atoms with E-state index in [1.165, 1.54) is 32.1 Å². The molecule has 0 aromatic heterocycles. The van der Waals surface area contributed by atoms with Gasteiger partial charge in [-0.15, -0.1) is 0 Å². The Hall–Kier alpha value is -1.75. The monoisotopic (exact) mass is 332 g/mol. The Labute approximate surface area is 144 Å². The highest BCUT2D eigenvalue weighted by atomic mass is 16.6. The number of benzene rings is 1. The lowest BCUT2D eigenvalue weighted by atomic mass is 10.1. The van der Waals surface area contributed by atoms with Crippen LogP contribution in [0.4, 0.5) is 0 Å². The zero-order valence-electron chi connectivity index (χ0n) is 14.6. The van der Waals surface area contributed by atoms with Crippen LogP contribution in [0.25, 0.3) is 0 Å².